The van der Waals surface area contributed by atoms with Crippen molar-refractivity contribution < 1.29 is 23.4 Å². The van der Waals surface area contributed by atoms with Crippen LogP contribution < -0.4 is 15.2 Å². The second-order valence-electron chi connectivity index (χ2n) is 5.00. The minimum Gasteiger partial charge on any atom is -0.396 e. The van der Waals surface area contributed by atoms with Gasteiger partial charge in [-0.25, -0.2) is 0 Å². The summed E-state index contributed by atoms with van der Waals surface area (Å²) in [6.07, 6.45) is -3.63. The van der Waals surface area contributed by atoms with Gasteiger partial charge in [0.15, 0.2) is 11.5 Å². The molecule has 1 atom stereocenters. The Morgan fingerprint density at radius 1 is 1.32 bits per heavy atom. The van der Waals surface area contributed by atoms with Crippen molar-refractivity contribution in [1.82, 2.24) is 0 Å². The van der Waals surface area contributed by atoms with E-state index in [1.54, 1.807) is 19.9 Å². The van der Waals surface area contributed by atoms with E-state index in [2.05, 4.69) is 9.47 Å². The highest BCUT2D eigenvalue weighted by molar-refractivity contribution is 5.85. The van der Waals surface area contributed by atoms with Gasteiger partial charge in [-0.3, -0.25) is 0 Å². The van der Waals surface area contributed by atoms with Gasteiger partial charge < -0.3 is 20.3 Å². The molecule has 0 aromatic heterocycles. The Morgan fingerprint density at radius 2 is 1.89 bits per heavy atom. The molecule has 7 heteroatoms. The number of nitrogens with two attached hydrogens (primary N) is 1. The van der Waals surface area contributed by atoms with Crippen molar-refractivity contribution in [1.29, 1.82) is 0 Å². The van der Waals surface area contributed by atoms with Crippen molar-refractivity contribution in [3.8, 4) is 11.5 Å². The highest BCUT2D eigenvalue weighted by atomic mass is 35.5. The molecule has 0 saturated carbocycles. The number of halogens is 3. The lowest BCUT2D eigenvalue weighted by molar-refractivity contribution is -0.286. The molecule has 1 aromatic carbocycles. The van der Waals surface area contributed by atoms with Crippen molar-refractivity contribution >= 4 is 12.4 Å². The van der Waals surface area contributed by atoms with Crippen LogP contribution in [0.5, 0.6) is 11.5 Å². The topological polar surface area (TPSA) is 64.7 Å². The van der Waals surface area contributed by atoms with Gasteiger partial charge in [0.05, 0.1) is 0 Å². The summed E-state index contributed by atoms with van der Waals surface area (Å²) in [7, 11) is 0. The normalized spacial score (nSPS) is 17.8. The molecule has 0 saturated heterocycles. The van der Waals surface area contributed by atoms with Crippen molar-refractivity contribution in [3.63, 3.8) is 0 Å². The highest BCUT2D eigenvalue weighted by Gasteiger charge is 2.43. The molecule has 1 aromatic rings. The third kappa shape index (κ3) is 3.08. The molecule has 19 heavy (non-hydrogen) atoms. The van der Waals surface area contributed by atoms with Gasteiger partial charge in [0, 0.05) is 18.1 Å². The number of hydrogen-bond acceptors (Lipinski definition) is 4. The zero-order valence-electron chi connectivity index (χ0n) is 10.5. The van der Waals surface area contributed by atoms with Gasteiger partial charge in [0.25, 0.3) is 0 Å². The molecule has 1 heterocycles. The summed E-state index contributed by atoms with van der Waals surface area (Å²) >= 11 is 0. The summed E-state index contributed by atoms with van der Waals surface area (Å²) in [5.74, 6) is -0.0561. The highest BCUT2D eigenvalue weighted by Crippen LogP contribution is 2.43. The Hall–Kier alpha value is -1.11. The summed E-state index contributed by atoms with van der Waals surface area (Å²) in [5, 5.41) is 9.25. The van der Waals surface area contributed by atoms with E-state index in [9.17, 15) is 13.9 Å². The van der Waals surface area contributed by atoms with E-state index in [1.807, 2.05) is 0 Å². The Morgan fingerprint density at radius 3 is 2.47 bits per heavy atom. The van der Waals surface area contributed by atoms with Crippen LogP contribution in [0.4, 0.5) is 8.78 Å². The van der Waals surface area contributed by atoms with Crippen LogP contribution in [-0.2, 0) is 0 Å². The fourth-order valence-corrected chi connectivity index (χ4v) is 1.71. The average Bonchev–Trinajstić information content (AvgIpc) is 2.60. The summed E-state index contributed by atoms with van der Waals surface area (Å²) in [6.45, 7) is 3.46. The molecule has 0 radical (unpaired) electrons. The number of hydrogen-bond donors (Lipinski definition) is 2. The third-order valence-electron chi connectivity index (χ3n) is 3.03. The number of aliphatic hydroxyl groups is 1. The molecule has 0 aliphatic carbocycles. The van der Waals surface area contributed by atoms with Gasteiger partial charge in [-0.2, -0.15) is 0 Å². The molecule has 1 aliphatic rings. The molecular formula is C12H16ClF2NO3. The largest absolute Gasteiger partial charge is 0.586 e. The van der Waals surface area contributed by atoms with E-state index in [0.717, 1.165) is 0 Å². The third-order valence-corrected chi connectivity index (χ3v) is 3.03. The quantitative estimate of drug-likeness (QED) is 0.899. The molecular weight excluding hydrogens is 280 g/mol. The number of benzene rings is 1. The van der Waals surface area contributed by atoms with Crippen LogP contribution in [0.2, 0.25) is 0 Å². The predicted molar refractivity (Wildman–Crippen MR) is 67.7 cm³/mol. The fraction of sp³-hybridized carbons (Fsp3) is 0.500. The summed E-state index contributed by atoms with van der Waals surface area (Å²) in [5.41, 5.74) is 6.05. The molecule has 3 N–H and O–H groups in total. The Bertz CT molecular complexity index is 468. The summed E-state index contributed by atoms with van der Waals surface area (Å²) in [6, 6.07) is 3.90. The van der Waals surface area contributed by atoms with Crippen LogP contribution in [0.25, 0.3) is 0 Å². The number of aliphatic hydroxyl groups excluding tert-OH is 1. The van der Waals surface area contributed by atoms with Crippen LogP contribution in [0.3, 0.4) is 0 Å². The monoisotopic (exact) mass is 295 g/mol. The van der Waals surface area contributed by atoms with Crippen molar-refractivity contribution in [3.05, 3.63) is 23.8 Å². The van der Waals surface area contributed by atoms with E-state index in [4.69, 9.17) is 5.73 Å². The van der Waals surface area contributed by atoms with Crippen LogP contribution in [0.15, 0.2) is 18.2 Å². The predicted octanol–water partition coefficient (Wildman–Crippen LogP) is 2.45. The van der Waals surface area contributed by atoms with Crippen LogP contribution in [-0.4, -0.2) is 18.0 Å². The summed E-state index contributed by atoms with van der Waals surface area (Å²) < 4.78 is 34.4. The molecule has 108 valence electrons. The Kier molecular flexibility index (Phi) is 4.29. The van der Waals surface area contributed by atoms with E-state index >= 15 is 0 Å². The Balaban J connectivity index is 0.00000180. The van der Waals surface area contributed by atoms with Gasteiger partial charge in [-0.1, -0.05) is 19.9 Å². The zero-order chi connectivity index (χ0) is 13.6. The van der Waals surface area contributed by atoms with Crippen LogP contribution in [0.1, 0.15) is 25.5 Å². The summed E-state index contributed by atoms with van der Waals surface area (Å²) in [4.78, 5) is 0. The number of alkyl halides is 2. The van der Waals surface area contributed by atoms with Crippen molar-refractivity contribution in [2.45, 2.75) is 26.2 Å². The van der Waals surface area contributed by atoms with Gasteiger partial charge in [0.1, 0.15) is 0 Å². The molecule has 1 aliphatic heterocycles. The Labute approximate surface area is 115 Å². The maximum Gasteiger partial charge on any atom is 0.586 e. The van der Waals surface area contributed by atoms with Crippen LogP contribution in [0, 0.1) is 5.41 Å². The van der Waals surface area contributed by atoms with E-state index < -0.39 is 17.8 Å². The van der Waals surface area contributed by atoms with Gasteiger partial charge in [-0.05, 0) is 17.7 Å². The maximum absolute atomic E-state index is 12.9. The minimum absolute atomic E-state index is 0. The smallest absolute Gasteiger partial charge is 0.396 e. The second-order valence-corrected chi connectivity index (χ2v) is 5.00. The van der Waals surface area contributed by atoms with Gasteiger partial charge in [-0.15, -0.1) is 21.2 Å². The first-order chi connectivity index (χ1) is 8.25. The van der Waals surface area contributed by atoms with Crippen LogP contribution >= 0.6 is 12.4 Å². The molecule has 0 unspecified atom stereocenters. The lowest BCUT2D eigenvalue weighted by Crippen LogP contribution is -2.32. The number of rotatable bonds is 3. The second kappa shape index (κ2) is 5.11. The minimum atomic E-state index is -3.63. The molecule has 2 rings (SSSR count). The maximum atomic E-state index is 12.9. The lowest BCUT2D eigenvalue weighted by atomic mass is 9.82. The average molecular weight is 296 g/mol. The first-order valence-electron chi connectivity index (χ1n) is 5.51. The lowest BCUT2D eigenvalue weighted by Gasteiger charge is -2.29. The molecule has 4 nitrogen and oxygen atoms in total. The fourth-order valence-electron chi connectivity index (χ4n) is 1.71. The van der Waals surface area contributed by atoms with E-state index in [0.29, 0.717) is 5.56 Å². The van der Waals surface area contributed by atoms with Crippen molar-refractivity contribution in [2.75, 3.05) is 6.61 Å². The molecule has 0 amide bonds. The van der Waals surface area contributed by atoms with E-state index in [1.165, 1.54) is 12.1 Å². The zero-order valence-corrected chi connectivity index (χ0v) is 11.3. The van der Waals surface area contributed by atoms with Gasteiger partial charge >= 0.3 is 6.29 Å². The SMILES string of the molecule is CC(C)(CO)[C@@H](N)c1ccc2c(c1)OC(F)(F)O2.Cl. The van der Waals surface area contributed by atoms with Crippen molar-refractivity contribution in [2.24, 2.45) is 11.1 Å². The van der Waals surface area contributed by atoms with Gasteiger partial charge in [0.2, 0.25) is 0 Å². The number of ether oxygens (including phenoxy) is 2. The molecule has 0 spiro atoms. The van der Waals surface area contributed by atoms with E-state index in [-0.39, 0.29) is 30.5 Å². The first kappa shape index (κ1) is 15.9. The molecule has 0 bridgehead atoms. The standard InChI is InChI=1S/C12H15F2NO3.ClH/c1-11(2,6-16)10(15)7-3-4-8-9(5-7)18-12(13,14)17-8;/h3-5,10,16H,6,15H2,1-2H3;1H/t10-;/m0./s1. The first-order valence-corrected chi connectivity index (χ1v) is 5.51. The number of fused-ring (bicyclic) bond motifs is 1. The molecule has 0 fully saturated rings.